The Morgan fingerprint density at radius 2 is 1.64 bits per heavy atom. The number of aliphatic hydroxyl groups excluding tert-OH is 2. The highest BCUT2D eigenvalue weighted by Crippen LogP contribution is 2.67. The van der Waals surface area contributed by atoms with E-state index in [4.69, 9.17) is 0 Å². The van der Waals surface area contributed by atoms with Crippen LogP contribution in [0.1, 0.15) is 71.6 Å². The molecule has 0 saturated heterocycles. The second-order valence-corrected chi connectivity index (χ2v) is 10.1. The van der Waals surface area contributed by atoms with E-state index < -0.39 is 12.1 Å². The first-order valence-electron chi connectivity index (χ1n) is 10.4. The van der Waals surface area contributed by atoms with E-state index >= 15 is 0 Å². The van der Waals surface area contributed by atoms with Crippen LogP contribution >= 0.6 is 0 Å². The van der Waals surface area contributed by atoms with Crippen molar-refractivity contribution < 1.29 is 20.1 Å². The van der Waals surface area contributed by atoms with Gasteiger partial charge >= 0.3 is 5.97 Å². The van der Waals surface area contributed by atoms with Gasteiger partial charge in [-0.25, -0.2) is 4.79 Å². The zero-order chi connectivity index (χ0) is 18.0. The number of carboxylic acids is 1. The molecule has 0 aromatic rings. The summed E-state index contributed by atoms with van der Waals surface area (Å²) < 4.78 is 0. The molecule has 4 rings (SSSR count). The van der Waals surface area contributed by atoms with Gasteiger partial charge in [0.2, 0.25) is 0 Å². The molecule has 4 saturated carbocycles. The van der Waals surface area contributed by atoms with Gasteiger partial charge in [-0.2, -0.15) is 0 Å². The van der Waals surface area contributed by atoms with Crippen LogP contribution in [0.15, 0.2) is 0 Å². The largest absolute Gasteiger partial charge is 0.479 e. The van der Waals surface area contributed by atoms with E-state index in [0.717, 1.165) is 44.4 Å². The van der Waals surface area contributed by atoms with Crippen molar-refractivity contribution in [3.05, 3.63) is 0 Å². The van der Waals surface area contributed by atoms with Gasteiger partial charge in [-0.1, -0.05) is 13.8 Å². The number of carbonyl (C=O) groups is 1. The number of hydrogen-bond acceptors (Lipinski definition) is 3. The van der Waals surface area contributed by atoms with Gasteiger partial charge < -0.3 is 15.3 Å². The van der Waals surface area contributed by atoms with Crippen molar-refractivity contribution >= 4 is 5.97 Å². The molecular formula is C21H34O4. The van der Waals surface area contributed by atoms with Crippen LogP contribution in [-0.2, 0) is 4.79 Å². The van der Waals surface area contributed by atoms with Crippen molar-refractivity contribution in [1.82, 2.24) is 0 Å². The molecule has 0 aromatic heterocycles. The molecule has 142 valence electrons. The summed E-state index contributed by atoms with van der Waals surface area (Å²) in [5, 5.41) is 29.7. The van der Waals surface area contributed by atoms with Crippen molar-refractivity contribution in [2.75, 3.05) is 0 Å². The summed E-state index contributed by atoms with van der Waals surface area (Å²) in [6.45, 7) is 4.73. The second-order valence-electron chi connectivity index (χ2n) is 10.1. The Kier molecular flexibility index (Phi) is 4.23. The van der Waals surface area contributed by atoms with Crippen molar-refractivity contribution in [3.63, 3.8) is 0 Å². The molecule has 0 heterocycles. The van der Waals surface area contributed by atoms with Crippen molar-refractivity contribution in [3.8, 4) is 0 Å². The Morgan fingerprint density at radius 3 is 2.36 bits per heavy atom. The molecule has 0 aromatic carbocycles. The summed E-state index contributed by atoms with van der Waals surface area (Å²) in [5.74, 6) is 1.48. The predicted molar refractivity (Wildman–Crippen MR) is 94.9 cm³/mol. The zero-order valence-electron chi connectivity index (χ0n) is 15.7. The quantitative estimate of drug-likeness (QED) is 0.713. The van der Waals surface area contributed by atoms with Crippen LogP contribution in [0.25, 0.3) is 0 Å². The lowest BCUT2D eigenvalue weighted by Gasteiger charge is -2.61. The Morgan fingerprint density at radius 1 is 0.960 bits per heavy atom. The van der Waals surface area contributed by atoms with Crippen LogP contribution in [0, 0.1) is 40.4 Å². The maximum atomic E-state index is 11.4. The molecule has 4 heteroatoms. The molecule has 3 N–H and O–H groups in total. The number of carboxylic acid groups (broad SMARTS) is 1. The molecule has 9 atom stereocenters. The van der Waals surface area contributed by atoms with E-state index in [1.54, 1.807) is 0 Å². The third kappa shape index (κ3) is 2.50. The van der Waals surface area contributed by atoms with E-state index in [9.17, 15) is 20.1 Å². The van der Waals surface area contributed by atoms with Crippen LogP contribution in [0.2, 0.25) is 0 Å². The highest BCUT2D eigenvalue weighted by molar-refractivity contribution is 5.72. The van der Waals surface area contributed by atoms with E-state index in [-0.39, 0.29) is 17.4 Å². The standard InChI is InChI=1S/C21H34O4/c1-20-9-7-13(22)11-12(20)3-4-14-15-5-6-17(18(23)19(24)25)21(15,2)10-8-16(14)20/h12-18,22-23H,3-11H2,1-2H3,(H,24,25)/t12-,13+,14-,15-,16-,17+,18?,20-,21-/m0/s1. The molecule has 4 fully saturated rings. The summed E-state index contributed by atoms with van der Waals surface area (Å²) in [5.41, 5.74) is 0.337. The molecule has 1 unspecified atom stereocenters. The third-order valence-electron chi connectivity index (χ3n) is 9.35. The van der Waals surface area contributed by atoms with Crippen LogP contribution in [0.3, 0.4) is 0 Å². The van der Waals surface area contributed by atoms with Gasteiger partial charge in [-0.15, -0.1) is 0 Å². The number of hydrogen-bond donors (Lipinski definition) is 3. The van der Waals surface area contributed by atoms with Gasteiger partial charge in [0.1, 0.15) is 0 Å². The number of aliphatic carboxylic acids is 1. The van der Waals surface area contributed by atoms with Gasteiger partial charge in [0, 0.05) is 5.92 Å². The molecule has 0 bridgehead atoms. The van der Waals surface area contributed by atoms with Crippen molar-refractivity contribution in [2.45, 2.75) is 83.8 Å². The second kappa shape index (κ2) is 5.95. The minimum atomic E-state index is -1.21. The van der Waals surface area contributed by atoms with E-state index in [0.29, 0.717) is 23.2 Å². The van der Waals surface area contributed by atoms with Gasteiger partial charge in [-0.05, 0) is 92.3 Å². The van der Waals surface area contributed by atoms with Crippen molar-refractivity contribution in [2.24, 2.45) is 40.4 Å². The number of rotatable bonds is 2. The first-order chi connectivity index (χ1) is 11.8. The van der Waals surface area contributed by atoms with Crippen molar-refractivity contribution in [1.29, 1.82) is 0 Å². The first kappa shape index (κ1) is 17.8. The molecule has 4 aliphatic rings. The summed E-state index contributed by atoms with van der Waals surface area (Å²) in [4.78, 5) is 11.4. The Bertz CT molecular complexity index is 548. The molecule has 0 spiro atoms. The molecule has 25 heavy (non-hydrogen) atoms. The fourth-order valence-electron chi connectivity index (χ4n) is 7.97. The summed E-state index contributed by atoms with van der Waals surface area (Å²) in [6, 6.07) is 0. The molecule has 4 aliphatic carbocycles. The van der Waals surface area contributed by atoms with Crippen LogP contribution in [-0.4, -0.2) is 33.5 Å². The summed E-state index contributed by atoms with van der Waals surface area (Å²) in [7, 11) is 0. The Balaban J connectivity index is 1.59. The monoisotopic (exact) mass is 350 g/mol. The van der Waals surface area contributed by atoms with Gasteiger partial charge in [-0.3, -0.25) is 0 Å². The lowest BCUT2D eigenvalue weighted by Crippen LogP contribution is -2.54. The predicted octanol–water partition coefficient (Wildman–Crippen LogP) is 3.45. The highest BCUT2D eigenvalue weighted by atomic mass is 16.4. The average Bonchev–Trinajstić information content (AvgIpc) is 2.92. The van der Waals surface area contributed by atoms with E-state index in [1.165, 1.54) is 19.3 Å². The Hall–Kier alpha value is -0.610. The van der Waals surface area contributed by atoms with E-state index in [2.05, 4.69) is 13.8 Å². The Labute approximate surface area is 151 Å². The molecule has 4 nitrogen and oxygen atoms in total. The highest BCUT2D eigenvalue weighted by Gasteiger charge is 2.61. The van der Waals surface area contributed by atoms with E-state index in [1.807, 2.05) is 0 Å². The van der Waals surface area contributed by atoms with Crippen LogP contribution in [0.4, 0.5) is 0 Å². The number of aliphatic hydroxyl groups is 2. The zero-order valence-corrected chi connectivity index (χ0v) is 15.7. The smallest absolute Gasteiger partial charge is 0.332 e. The average molecular weight is 350 g/mol. The number of fused-ring (bicyclic) bond motifs is 5. The fraction of sp³-hybridized carbons (Fsp3) is 0.952. The van der Waals surface area contributed by atoms with Gasteiger partial charge in [0.25, 0.3) is 0 Å². The summed E-state index contributed by atoms with van der Waals surface area (Å²) >= 11 is 0. The summed E-state index contributed by atoms with van der Waals surface area (Å²) in [6.07, 6.45) is 8.36. The fourth-order valence-corrected chi connectivity index (χ4v) is 7.97. The third-order valence-corrected chi connectivity index (χ3v) is 9.35. The van der Waals surface area contributed by atoms with Gasteiger partial charge in [0.05, 0.1) is 6.10 Å². The maximum Gasteiger partial charge on any atom is 0.332 e. The first-order valence-corrected chi connectivity index (χ1v) is 10.4. The van der Waals surface area contributed by atoms with Crippen LogP contribution < -0.4 is 0 Å². The minimum absolute atomic E-state index is 0.0175. The van der Waals surface area contributed by atoms with Gasteiger partial charge in [0.15, 0.2) is 6.10 Å². The maximum absolute atomic E-state index is 11.4. The molecule has 0 amide bonds. The molecular weight excluding hydrogens is 316 g/mol. The normalized spacial score (nSPS) is 53.4. The van der Waals surface area contributed by atoms with Crippen LogP contribution in [0.5, 0.6) is 0 Å². The lowest BCUT2D eigenvalue weighted by molar-refractivity contribution is -0.158. The lowest BCUT2D eigenvalue weighted by atomic mass is 9.44. The molecule has 0 aliphatic heterocycles. The SMILES string of the molecule is C[C@]12CC[C@@H](O)C[C@@H]1CC[C@@H]1[C@@H]2CC[C@]2(C)[C@@H](C(O)C(=O)O)CC[C@@H]12. The molecule has 0 radical (unpaired) electrons. The minimum Gasteiger partial charge on any atom is -0.479 e. The topological polar surface area (TPSA) is 77.8 Å².